The van der Waals surface area contributed by atoms with Gasteiger partial charge >= 0.3 is 6.18 Å². The molecule has 1 saturated carbocycles. The summed E-state index contributed by atoms with van der Waals surface area (Å²) in [6, 6.07) is 10.3. The summed E-state index contributed by atoms with van der Waals surface area (Å²) in [7, 11) is 1.03. The van der Waals surface area contributed by atoms with Crippen molar-refractivity contribution in [3.63, 3.8) is 0 Å². The Kier molecular flexibility index (Phi) is 8.82. The summed E-state index contributed by atoms with van der Waals surface area (Å²) in [4.78, 5) is 15.7. The molecule has 1 aromatic heterocycles. The first-order chi connectivity index (χ1) is 18.5. The first-order valence-electron chi connectivity index (χ1n) is 12.7. The lowest BCUT2D eigenvalue weighted by Crippen LogP contribution is -2.32. The second kappa shape index (κ2) is 11.9. The summed E-state index contributed by atoms with van der Waals surface area (Å²) in [5.74, 6) is 1.94. The molecule has 0 saturated heterocycles. The smallest absolute Gasteiger partial charge is 0.362 e. The van der Waals surface area contributed by atoms with E-state index in [9.17, 15) is 21.6 Å². The van der Waals surface area contributed by atoms with Crippen LogP contribution in [0.3, 0.4) is 0 Å². The molecule has 9 nitrogen and oxygen atoms in total. The van der Waals surface area contributed by atoms with Crippen molar-refractivity contribution in [1.29, 1.82) is 0 Å². The lowest BCUT2D eigenvalue weighted by atomic mass is 9.82. The third-order valence-electron chi connectivity index (χ3n) is 6.89. The standard InChI is InChI=1S/C26H33F3N6O3S/c1-35(2)24-20-6-4-5-7-21(20)32-25(33-24)30-15-17-8-10-18(11-9-17)16-31-39(36,37)23-13-12-19(26(27,28)29)14-22(23)34-38-3/h4-7,12-14,17-18,31,34H,8-11,15-16H2,1-3H3,(H,30,32,33). The summed E-state index contributed by atoms with van der Waals surface area (Å²) in [5.41, 5.74) is 1.87. The fourth-order valence-electron chi connectivity index (χ4n) is 4.79. The van der Waals surface area contributed by atoms with Gasteiger partial charge in [-0.15, -0.1) is 0 Å². The number of hydrogen-bond donors (Lipinski definition) is 3. The molecular formula is C26H33F3N6O3S. The molecule has 0 bridgehead atoms. The summed E-state index contributed by atoms with van der Waals surface area (Å²) in [6.07, 6.45) is -1.14. The van der Waals surface area contributed by atoms with Crippen LogP contribution in [-0.4, -0.2) is 52.7 Å². The van der Waals surface area contributed by atoms with Gasteiger partial charge in [-0.25, -0.2) is 18.1 Å². The van der Waals surface area contributed by atoms with E-state index in [2.05, 4.69) is 25.5 Å². The van der Waals surface area contributed by atoms with Crippen LogP contribution in [0.4, 0.5) is 30.6 Å². The van der Waals surface area contributed by atoms with Crippen LogP contribution in [0.1, 0.15) is 31.2 Å². The maximum Gasteiger partial charge on any atom is 0.416 e. The zero-order chi connectivity index (χ0) is 28.2. The van der Waals surface area contributed by atoms with E-state index in [-0.39, 0.29) is 23.0 Å². The number of fused-ring (bicyclic) bond motifs is 1. The molecule has 0 atom stereocenters. The molecule has 0 unspecified atom stereocenters. The van der Waals surface area contributed by atoms with Crippen LogP contribution >= 0.6 is 0 Å². The highest BCUT2D eigenvalue weighted by Gasteiger charge is 2.33. The zero-order valence-electron chi connectivity index (χ0n) is 22.0. The Morgan fingerprint density at radius 1 is 1.00 bits per heavy atom. The maximum absolute atomic E-state index is 13.1. The van der Waals surface area contributed by atoms with Crippen LogP contribution in [0.25, 0.3) is 10.9 Å². The highest BCUT2D eigenvalue weighted by Crippen LogP contribution is 2.34. The van der Waals surface area contributed by atoms with Gasteiger partial charge in [-0.3, -0.25) is 10.3 Å². The Morgan fingerprint density at radius 2 is 1.67 bits per heavy atom. The Balaban J connectivity index is 1.32. The average Bonchev–Trinajstić information content (AvgIpc) is 2.90. The van der Waals surface area contributed by atoms with E-state index in [1.165, 1.54) is 7.11 Å². The number of nitrogens with one attached hydrogen (secondary N) is 3. The average molecular weight is 567 g/mol. The Bertz CT molecular complexity index is 1390. The third kappa shape index (κ3) is 7.08. The second-order valence-electron chi connectivity index (χ2n) is 9.92. The third-order valence-corrected chi connectivity index (χ3v) is 8.37. The van der Waals surface area contributed by atoms with Crippen LogP contribution in [0, 0.1) is 11.8 Å². The van der Waals surface area contributed by atoms with Gasteiger partial charge < -0.3 is 10.2 Å². The van der Waals surface area contributed by atoms with Gasteiger partial charge in [0, 0.05) is 32.6 Å². The van der Waals surface area contributed by atoms with E-state index in [1.54, 1.807) is 0 Å². The van der Waals surface area contributed by atoms with E-state index in [1.807, 2.05) is 43.3 Å². The van der Waals surface area contributed by atoms with Crippen molar-refractivity contribution < 1.29 is 26.4 Å². The highest BCUT2D eigenvalue weighted by molar-refractivity contribution is 7.89. The lowest BCUT2D eigenvalue weighted by molar-refractivity contribution is -0.137. The Hall–Kier alpha value is -3.16. The topological polar surface area (TPSA) is 108 Å². The number of nitrogens with zero attached hydrogens (tertiary/aromatic N) is 3. The molecule has 0 amide bonds. The van der Waals surface area contributed by atoms with Crippen molar-refractivity contribution in [2.75, 3.05) is 50.0 Å². The van der Waals surface area contributed by atoms with Gasteiger partial charge in [-0.05, 0) is 67.9 Å². The molecule has 3 N–H and O–H groups in total. The number of aromatic nitrogens is 2. The van der Waals surface area contributed by atoms with Crippen molar-refractivity contribution in [3.8, 4) is 0 Å². The van der Waals surface area contributed by atoms with E-state index in [0.29, 0.717) is 18.4 Å². The van der Waals surface area contributed by atoms with Gasteiger partial charge in [0.15, 0.2) is 0 Å². The first kappa shape index (κ1) is 28.8. The predicted molar refractivity (Wildman–Crippen MR) is 145 cm³/mol. The van der Waals surface area contributed by atoms with Gasteiger partial charge in [0.2, 0.25) is 16.0 Å². The minimum atomic E-state index is -4.61. The number of rotatable bonds is 10. The van der Waals surface area contributed by atoms with Crippen molar-refractivity contribution in [2.24, 2.45) is 11.8 Å². The Morgan fingerprint density at radius 3 is 2.31 bits per heavy atom. The minimum absolute atomic E-state index is 0.126. The monoisotopic (exact) mass is 566 g/mol. The van der Waals surface area contributed by atoms with Crippen LogP contribution in [-0.2, 0) is 21.0 Å². The van der Waals surface area contributed by atoms with Crippen LogP contribution in [0.2, 0.25) is 0 Å². The van der Waals surface area contributed by atoms with Crippen LogP contribution in [0.5, 0.6) is 0 Å². The van der Waals surface area contributed by atoms with Gasteiger partial charge in [0.1, 0.15) is 10.7 Å². The normalized spacial score (nSPS) is 18.2. The number of anilines is 3. The molecule has 212 valence electrons. The molecule has 13 heteroatoms. The predicted octanol–water partition coefficient (Wildman–Crippen LogP) is 4.88. The van der Waals surface area contributed by atoms with E-state index in [4.69, 9.17) is 4.84 Å². The van der Waals surface area contributed by atoms with Gasteiger partial charge in [-0.1, -0.05) is 12.1 Å². The number of hydrogen-bond acceptors (Lipinski definition) is 8. The highest BCUT2D eigenvalue weighted by atomic mass is 32.2. The van der Waals surface area contributed by atoms with E-state index < -0.39 is 21.8 Å². The largest absolute Gasteiger partial charge is 0.416 e. The summed E-state index contributed by atoms with van der Waals surface area (Å²) in [6.45, 7) is 0.914. The second-order valence-corrected chi connectivity index (χ2v) is 11.7. The van der Waals surface area contributed by atoms with Crippen molar-refractivity contribution in [2.45, 2.75) is 36.8 Å². The summed E-state index contributed by atoms with van der Waals surface area (Å²) >= 11 is 0. The van der Waals surface area contributed by atoms with Gasteiger partial charge in [0.25, 0.3) is 0 Å². The van der Waals surface area contributed by atoms with Crippen LogP contribution < -0.4 is 20.4 Å². The molecule has 1 fully saturated rings. The van der Waals surface area contributed by atoms with E-state index in [0.717, 1.165) is 60.6 Å². The summed E-state index contributed by atoms with van der Waals surface area (Å²) in [5, 5.41) is 4.35. The number of sulfonamides is 1. The Labute approximate surface area is 226 Å². The molecule has 1 aliphatic carbocycles. The van der Waals surface area contributed by atoms with Gasteiger partial charge in [0.05, 0.1) is 23.9 Å². The molecule has 1 aliphatic rings. The van der Waals surface area contributed by atoms with Gasteiger partial charge in [-0.2, -0.15) is 18.2 Å². The molecule has 4 rings (SSSR count). The molecule has 39 heavy (non-hydrogen) atoms. The quantitative estimate of drug-likeness (QED) is 0.298. The number of benzene rings is 2. The molecule has 1 heterocycles. The number of para-hydroxylation sites is 1. The fourth-order valence-corrected chi connectivity index (χ4v) is 6.04. The minimum Gasteiger partial charge on any atom is -0.362 e. The molecule has 0 spiro atoms. The van der Waals surface area contributed by atoms with Crippen molar-refractivity contribution >= 4 is 38.4 Å². The SMILES string of the molecule is CONc1cc(C(F)(F)F)ccc1S(=O)(=O)NCC1CCC(CNc2nc(N(C)C)c3ccccc3n2)CC1. The van der Waals surface area contributed by atoms with E-state index >= 15 is 0 Å². The number of alkyl halides is 3. The summed E-state index contributed by atoms with van der Waals surface area (Å²) < 4.78 is 67.6. The number of halogens is 3. The molecule has 3 aromatic rings. The maximum atomic E-state index is 13.1. The molecule has 2 aromatic carbocycles. The fraction of sp³-hybridized carbons (Fsp3) is 0.462. The lowest BCUT2D eigenvalue weighted by Gasteiger charge is -2.29. The van der Waals surface area contributed by atoms with Crippen LogP contribution in [0.15, 0.2) is 47.4 Å². The zero-order valence-corrected chi connectivity index (χ0v) is 22.9. The van der Waals surface area contributed by atoms with Crippen molar-refractivity contribution in [3.05, 3.63) is 48.0 Å². The van der Waals surface area contributed by atoms with Crippen molar-refractivity contribution in [1.82, 2.24) is 14.7 Å². The molecule has 0 aliphatic heterocycles. The first-order valence-corrected chi connectivity index (χ1v) is 14.1. The molecular weight excluding hydrogens is 533 g/mol. The molecule has 0 radical (unpaired) electrons.